The minimum Gasteiger partial charge on any atom is -0.397 e. The standard InChI is InChI=1S/C7H10N2OS2/c8-6-1-2-7(9-5-6)12-11-4-3-10/h1-2,5,10H,3-4,8H2. The van der Waals surface area contributed by atoms with Crippen molar-refractivity contribution >= 4 is 27.3 Å². The molecule has 0 aliphatic carbocycles. The molecule has 0 aromatic carbocycles. The lowest BCUT2D eigenvalue weighted by Crippen LogP contribution is -1.86. The quantitative estimate of drug-likeness (QED) is 0.571. The highest BCUT2D eigenvalue weighted by molar-refractivity contribution is 8.76. The highest BCUT2D eigenvalue weighted by Gasteiger charge is 1.94. The predicted octanol–water partition coefficient (Wildman–Crippen LogP) is 1.40. The predicted molar refractivity (Wildman–Crippen MR) is 54.1 cm³/mol. The largest absolute Gasteiger partial charge is 0.397 e. The zero-order valence-corrected chi connectivity index (χ0v) is 8.07. The third-order valence-corrected chi connectivity index (χ3v) is 3.32. The Kier molecular flexibility index (Phi) is 4.27. The molecule has 12 heavy (non-hydrogen) atoms. The summed E-state index contributed by atoms with van der Waals surface area (Å²) < 4.78 is 0. The number of anilines is 1. The second kappa shape index (κ2) is 5.29. The van der Waals surface area contributed by atoms with Gasteiger partial charge in [-0.1, -0.05) is 10.8 Å². The van der Waals surface area contributed by atoms with Crippen LogP contribution in [0.2, 0.25) is 0 Å². The number of nitrogens with zero attached hydrogens (tertiary/aromatic N) is 1. The summed E-state index contributed by atoms with van der Waals surface area (Å²) in [5.41, 5.74) is 6.14. The Balaban J connectivity index is 2.37. The van der Waals surface area contributed by atoms with Gasteiger partial charge in [0.2, 0.25) is 0 Å². The topological polar surface area (TPSA) is 59.1 Å². The van der Waals surface area contributed by atoms with Crippen molar-refractivity contribution in [2.45, 2.75) is 5.03 Å². The van der Waals surface area contributed by atoms with Gasteiger partial charge in [-0.3, -0.25) is 0 Å². The van der Waals surface area contributed by atoms with Gasteiger partial charge < -0.3 is 10.8 Å². The maximum atomic E-state index is 8.51. The normalized spacial score (nSPS) is 10.1. The summed E-state index contributed by atoms with van der Waals surface area (Å²) in [6.07, 6.45) is 1.63. The molecule has 0 saturated carbocycles. The van der Waals surface area contributed by atoms with E-state index in [2.05, 4.69) is 4.98 Å². The van der Waals surface area contributed by atoms with Gasteiger partial charge in [-0.05, 0) is 22.9 Å². The van der Waals surface area contributed by atoms with E-state index in [0.29, 0.717) is 5.69 Å². The van der Waals surface area contributed by atoms with Crippen molar-refractivity contribution in [1.82, 2.24) is 4.98 Å². The molecule has 0 aliphatic rings. The van der Waals surface area contributed by atoms with Crippen molar-refractivity contribution in [3.63, 3.8) is 0 Å². The zero-order chi connectivity index (χ0) is 8.81. The zero-order valence-electron chi connectivity index (χ0n) is 6.43. The summed E-state index contributed by atoms with van der Waals surface area (Å²) >= 11 is 0. The van der Waals surface area contributed by atoms with Crippen LogP contribution >= 0.6 is 21.6 Å². The molecule has 0 amide bonds. The summed E-state index contributed by atoms with van der Waals surface area (Å²) in [6, 6.07) is 3.68. The summed E-state index contributed by atoms with van der Waals surface area (Å²) in [5.74, 6) is 0.719. The molecule has 0 radical (unpaired) electrons. The fourth-order valence-electron chi connectivity index (χ4n) is 0.580. The number of aromatic nitrogens is 1. The molecular formula is C7H10N2OS2. The Morgan fingerprint density at radius 3 is 2.92 bits per heavy atom. The molecule has 3 nitrogen and oxygen atoms in total. The maximum Gasteiger partial charge on any atom is 0.107 e. The Hall–Kier alpha value is -0.390. The molecule has 0 atom stereocenters. The molecular weight excluding hydrogens is 192 g/mol. The molecule has 1 heterocycles. The van der Waals surface area contributed by atoms with Crippen molar-refractivity contribution in [3.05, 3.63) is 18.3 Å². The summed E-state index contributed by atoms with van der Waals surface area (Å²) in [7, 11) is 3.12. The number of aliphatic hydroxyl groups excluding tert-OH is 1. The molecule has 0 saturated heterocycles. The lowest BCUT2D eigenvalue weighted by Gasteiger charge is -1.98. The van der Waals surface area contributed by atoms with Gasteiger partial charge in [0, 0.05) is 5.75 Å². The van der Waals surface area contributed by atoms with Gasteiger partial charge in [0.1, 0.15) is 5.03 Å². The third-order valence-electron chi connectivity index (χ3n) is 1.08. The van der Waals surface area contributed by atoms with Crippen LogP contribution < -0.4 is 5.73 Å². The fraction of sp³-hybridized carbons (Fsp3) is 0.286. The van der Waals surface area contributed by atoms with E-state index in [0.717, 1.165) is 10.8 Å². The van der Waals surface area contributed by atoms with E-state index in [1.807, 2.05) is 12.1 Å². The Bertz CT molecular complexity index is 227. The average Bonchev–Trinajstić information content (AvgIpc) is 2.09. The van der Waals surface area contributed by atoms with E-state index in [1.54, 1.807) is 27.8 Å². The number of nitrogens with two attached hydrogens (primary N) is 1. The Morgan fingerprint density at radius 1 is 1.50 bits per heavy atom. The Morgan fingerprint density at radius 2 is 2.33 bits per heavy atom. The second-order valence-electron chi connectivity index (χ2n) is 2.06. The van der Waals surface area contributed by atoms with Gasteiger partial charge >= 0.3 is 0 Å². The number of hydrogen-bond acceptors (Lipinski definition) is 5. The first-order valence-corrected chi connectivity index (χ1v) is 5.76. The molecule has 3 N–H and O–H groups in total. The lowest BCUT2D eigenvalue weighted by molar-refractivity contribution is 0.323. The van der Waals surface area contributed by atoms with Gasteiger partial charge in [-0.2, -0.15) is 0 Å². The smallest absolute Gasteiger partial charge is 0.107 e. The molecule has 1 aromatic heterocycles. The van der Waals surface area contributed by atoms with Gasteiger partial charge in [-0.15, -0.1) is 0 Å². The summed E-state index contributed by atoms with van der Waals surface area (Å²) in [6.45, 7) is 0.201. The van der Waals surface area contributed by atoms with Crippen LogP contribution in [0.15, 0.2) is 23.4 Å². The van der Waals surface area contributed by atoms with Crippen LogP contribution in [0.25, 0.3) is 0 Å². The average molecular weight is 202 g/mol. The molecule has 5 heteroatoms. The highest BCUT2D eigenvalue weighted by atomic mass is 33.1. The van der Waals surface area contributed by atoms with Gasteiger partial charge in [0.15, 0.2) is 0 Å². The molecule has 66 valence electrons. The molecule has 0 aliphatic heterocycles. The van der Waals surface area contributed by atoms with Crippen molar-refractivity contribution in [2.75, 3.05) is 18.1 Å². The first kappa shape index (κ1) is 9.70. The first-order valence-electron chi connectivity index (χ1n) is 3.45. The van der Waals surface area contributed by atoms with E-state index in [9.17, 15) is 0 Å². The van der Waals surface area contributed by atoms with Crippen LogP contribution in [-0.4, -0.2) is 22.5 Å². The second-order valence-corrected chi connectivity index (χ2v) is 4.49. The molecule has 0 fully saturated rings. The van der Waals surface area contributed by atoms with E-state index >= 15 is 0 Å². The van der Waals surface area contributed by atoms with Crippen LogP contribution in [0.1, 0.15) is 0 Å². The van der Waals surface area contributed by atoms with Gasteiger partial charge in [0.25, 0.3) is 0 Å². The fourth-order valence-corrected chi connectivity index (χ4v) is 2.21. The third kappa shape index (κ3) is 3.34. The van der Waals surface area contributed by atoms with Crippen LogP contribution in [-0.2, 0) is 0 Å². The summed E-state index contributed by atoms with van der Waals surface area (Å²) in [5, 5.41) is 9.43. The van der Waals surface area contributed by atoms with Crippen molar-refractivity contribution < 1.29 is 5.11 Å². The Labute approximate surface area is 79.2 Å². The van der Waals surface area contributed by atoms with Crippen LogP contribution in [0.5, 0.6) is 0 Å². The molecule has 0 unspecified atom stereocenters. The van der Waals surface area contributed by atoms with E-state index in [1.165, 1.54) is 0 Å². The first-order chi connectivity index (χ1) is 5.83. The number of aliphatic hydroxyl groups is 1. The van der Waals surface area contributed by atoms with Crippen LogP contribution in [0, 0.1) is 0 Å². The van der Waals surface area contributed by atoms with Crippen molar-refractivity contribution in [2.24, 2.45) is 0 Å². The van der Waals surface area contributed by atoms with Crippen molar-refractivity contribution in [3.8, 4) is 0 Å². The van der Waals surface area contributed by atoms with E-state index in [4.69, 9.17) is 10.8 Å². The van der Waals surface area contributed by atoms with E-state index in [-0.39, 0.29) is 6.61 Å². The maximum absolute atomic E-state index is 8.51. The van der Waals surface area contributed by atoms with Gasteiger partial charge in [0.05, 0.1) is 18.5 Å². The monoisotopic (exact) mass is 202 g/mol. The van der Waals surface area contributed by atoms with Crippen LogP contribution in [0.3, 0.4) is 0 Å². The van der Waals surface area contributed by atoms with Crippen molar-refractivity contribution in [1.29, 1.82) is 0 Å². The number of rotatable bonds is 4. The molecule has 0 bridgehead atoms. The highest BCUT2D eigenvalue weighted by Crippen LogP contribution is 2.28. The van der Waals surface area contributed by atoms with Gasteiger partial charge in [-0.25, -0.2) is 4.98 Å². The molecule has 1 aromatic rings. The SMILES string of the molecule is Nc1ccc(SSCCO)nc1. The molecule has 0 spiro atoms. The number of nitrogen functional groups attached to an aromatic ring is 1. The minimum absolute atomic E-state index is 0.201. The molecule has 1 rings (SSSR count). The van der Waals surface area contributed by atoms with E-state index < -0.39 is 0 Å². The lowest BCUT2D eigenvalue weighted by atomic mass is 10.4. The minimum atomic E-state index is 0.201. The number of hydrogen-bond donors (Lipinski definition) is 2. The van der Waals surface area contributed by atoms with Crippen LogP contribution in [0.4, 0.5) is 5.69 Å². The summed E-state index contributed by atoms with van der Waals surface area (Å²) in [4.78, 5) is 4.09. The number of pyridine rings is 1.